The monoisotopic (exact) mass is 377 g/mol. The van der Waals surface area contributed by atoms with Gasteiger partial charge < -0.3 is 9.47 Å². The number of hydrogen-bond acceptors (Lipinski definition) is 5. The van der Waals surface area contributed by atoms with Gasteiger partial charge in [0, 0.05) is 0 Å². The Kier molecular flexibility index (Phi) is 7.36. The van der Waals surface area contributed by atoms with E-state index in [2.05, 4.69) is 23.8 Å². The maximum Gasteiger partial charge on any atom is 0.167 e. The highest BCUT2D eigenvalue weighted by atomic mass is 16.5. The van der Waals surface area contributed by atoms with Gasteiger partial charge in [-0.05, 0) is 37.1 Å². The van der Waals surface area contributed by atoms with E-state index in [9.17, 15) is 0 Å². The van der Waals surface area contributed by atoms with E-state index in [1.54, 1.807) is 6.33 Å². The molecule has 3 rings (SSSR count). The molecule has 0 N–H and O–H groups in total. The lowest BCUT2D eigenvalue weighted by Crippen LogP contribution is -2.02. The number of nitrogens with zero attached hydrogens (tertiary/aromatic N) is 3. The molecule has 0 spiro atoms. The summed E-state index contributed by atoms with van der Waals surface area (Å²) in [6.07, 6.45) is 5.75. The van der Waals surface area contributed by atoms with Gasteiger partial charge in [-0.15, -0.1) is 0 Å². The molecule has 0 amide bonds. The Hall–Kier alpha value is -2.95. The summed E-state index contributed by atoms with van der Waals surface area (Å²) in [6.45, 7) is 5.65. The molecule has 2 aromatic carbocycles. The maximum absolute atomic E-state index is 5.94. The second kappa shape index (κ2) is 10.4. The van der Waals surface area contributed by atoms with E-state index in [0.717, 1.165) is 48.3 Å². The lowest BCUT2D eigenvalue weighted by Gasteiger charge is -2.12. The first-order valence-corrected chi connectivity index (χ1v) is 9.97. The second-order valence-corrected chi connectivity index (χ2v) is 6.53. The fraction of sp³-hybridized carbons (Fsp3) is 0.348. The molecule has 0 saturated carbocycles. The van der Waals surface area contributed by atoms with E-state index in [-0.39, 0.29) is 0 Å². The van der Waals surface area contributed by atoms with Crippen molar-refractivity contribution >= 4 is 0 Å². The van der Waals surface area contributed by atoms with Crippen LogP contribution in [0.2, 0.25) is 0 Å². The van der Waals surface area contributed by atoms with Crippen molar-refractivity contribution in [2.24, 2.45) is 0 Å². The predicted molar refractivity (Wildman–Crippen MR) is 112 cm³/mol. The molecule has 0 aliphatic rings. The van der Waals surface area contributed by atoms with Crippen LogP contribution in [-0.4, -0.2) is 28.2 Å². The van der Waals surface area contributed by atoms with Crippen molar-refractivity contribution in [2.75, 3.05) is 13.2 Å². The van der Waals surface area contributed by atoms with E-state index in [0.29, 0.717) is 24.9 Å². The summed E-state index contributed by atoms with van der Waals surface area (Å²) < 4.78 is 11.9. The number of aromatic nitrogens is 3. The van der Waals surface area contributed by atoms with Gasteiger partial charge in [0.2, 0.25) is 0 Å². The van der Waals surface area contributed by atoms with Crippen LogP contribution in [0.25, 0.3) is 22.8 Å². The highest BCUT2D eigenvalue weighted by Crippen LogP contribution is 2.31. The van der Waals surface area contributed by atoms with E-state index in [4.69, 9.17) is 14.5 Å². The minimum Gasteiger partial charge on any atom is -0.493 e. The molecule has 3 aromatic rings. The normalized spacial score (nSPS) is 10.6. The topological polar surface area (TPSA) is 57.1 Å². The van der Waals surface area contributed by atoms with Gasteiger partial charge in [0.25, 0.3) is 0 Å². The minimum atomic E-state index is 0.598. The molecule has 0 aliphatic carbocycles. The Morgan fingerprint density at radius 3 is 1.61 bits per heavy atom. The van der Waals surface area contributed by atoms with Crippen LogP contribution in [0.5, 0.6) is 11.5 Å². The van der Waals surface area contributed by atoms with Crippen LogP contribution in [0, 0.1) is 0 Å². The quantitative estimate of drug-likeness (QED) is 0.433. The van der Waals surface area contributed by atoms with Crippen molar-refractivity contribution in [3.05, 3.63) is 54.9 Å². The van der Waals surface area contributed by atoms with Crippen LogP contribution in [-0.2, 0) is 0 Å². The van der Waals surface area contributed by atoms with Crippen LogP contribution in [0.3, 0.4) is 0 Å². The Labute approximate surface area is 166 Å². The summed E-state index contributed by atoms with van der Waals surface area (Å²) in [4.78, 5) is 13.5. The number of hydrogen-bond donors (Lipinski definition) is 0. The Morgan fingerprint density at radius 2 is 1.14 bits per heavy atom. The molecule has 0 bridgehead atoms. The molecule has 1 aromatic heterocycles. The van der Waals surface area contributed by atoms with Crippen molar-refractivity contribution < 1.29 is 9.47 Å². The SMILES string of the molecule is CCCCOc1ccccc1-c1ncnc(-c2ccccc2OCCCC)n1. The summed E-state index contributed by atoms with van der Waals surface area (Å²) in [7, 11) is 0. The molecule has 5 nitrogen and oxygen atoms in total. The van der Waals surface area contributed by atoms with Gasteiger partial charge in [0.15, 0.2) is 11.6 Å². The average molecular weight is 377 g/mol. The van der Waals surface area contributed by atoms with Crippen molar-refractivity contribution in [1.82, 2.24) is 15.0 Å². The number of unbranched alkanes of at least 4 members (excludes halogenated alkanes) is 2. The zero-order chi connectivity index (χ0) is 19.6. The molecule has 0 atom stereocenters. The maximum atomic E-state index is 5.94. The summed E-state index contributed by atoms with van der Waals surface area (Å²) in [5.74, 6) is 2.78. The van der Waals surface area contributed by atoms with E-state index in [1.165, 1.54) is 0 Å². The van der Waals surface area contributed by atoms with Crippen molar-refractivity contribution in [1.29, 1.82) is 0 Å². The Morgan fingerprint density at radius 1 is 0.679 bits per heavy atom. The van der Waals surface area contributed by atoms with Gasteiger partial charge in [0.05, 0.1) is 24.3 Å². The smallest absolute Gasteiger partial charge is 0.167 e. The van der Waals surface area contributed by atoms with Crippen LogP contribution in [0.4, 0.5) is 0 Å². The molecule has 0 aliphatic heterocycles. The van der Waals surface area contributed by atoms with Gasteiger partial charge in [-0.3, -0.25) is 0 Å². The predicted octanol–water partition coefficient (Wildman–Crippen LogP) is 5.56. The van der Waals surface area contributed by atoms with Gasteiger partial charge in [-0.25, -0.2) is 15.0 Å². The molecule has 28 heavy (non-hydrogen) atoms. The van der Waals surface area contributed by atoms with Crippen molar-refractivity contribution in [3.63, 3.8) is 0 Å². The van der Waals surface area contributed by atoms with E-state index < -0.39 is 0 Å². The highest BCUT2D eigenvalue weighted by Gasteiger charge is 2.13. The number of ether oxygens (including phenoxy) is 2. The fourth-order valence-electron chi connectivity index (χ4n) is 2.76. The third-order valence-electron chi connectivity index (χ3n) is 4.34. The summed E-state index contributed by atoms with van der Waals surface area (Å²) >= 11 is 0. The molecule has 0 unspecified atom stereocenters. The Bertz CT molecular complexity index is 814. The number of rotatable bonds is 10. The minimum absolute atomic E-state index is 0.598. The van der Waals surface area contributed by atoms with Crippen molar-refractivity contribution in [2.45, 2.75) is 39.5 Å². The summed E-state index contributed by atoms with van der Waals surface area (Å²) in [5.41, 5.74) is 1.73. The first-order valence-electron chi connectivity index (χ1n) is 9.97. The molecular weight excluding hydrogens is 350 g/mol. The third-order valence-corrected chi connectivity index (χ3v) is 4.34. The van der Waals surface area contributed by atoms with E-state index in [1.807, 2.05) is 48.5 Å². The lowest BCUT2D eigenvalue weighted by molar-refractivity contribution is 0.310. The van der Waals surface area contributed by atoms with Crippen LogP contribution in [0.15, 0.2) is 54.9 Å². The first-order chi connectivity index (χ1) is 13.8. The molecule has 0 radical (unpaired) electrons. The fourth-order valence-corrected chi connectivity index (χ4v) is 2.76. The van der Waals surface area contributed by atoms with Crippen molar-refractivity contribution in [3.8, 4) is 34.3 Å². The molecule has 146 valence electrons. The number of benzene rings is 2. The Balaban J connectivity index is 1.90. The summed E-state index contributed by atoms with van der Waals surface area (Å²) in [6, 6.07) is 15.7. The highest BCUT2D eigenvalue weighted by molar-refractivity contribution is 5.68. The third kappa shape index (κ3) is 5.06. The molecule has 0 saturated heterocycles. The van der Waals surface area contributed by atoms with Crippen LogP contribution < -0.4 is 9.47 Å². The van der Waals surface area contributed by atoms with Gasteiger partial charge in [-0.2, -0.15) is 0 Å². The van der Waals surface area contributed by atoms with Crippen LogP contribution in [0.1, 0.15) is 39.5 Å². The molecule has 5 heteroatoms. The molecule has 0 fully saturated rings. The largest absolute Gasteiger partial charge is 0.493 e. The first kappa shape index (κ1) is 19.8. The lowest BCUT2D eigenvalue weighted by atomic mass is 10.1. The van der Waals surface area contributed by atoms with Gasteiger partial charge in [0.1, 0.15) is 17.8 Å². The van der Waals surface area contributed by atoms with Gasteiger partial charge in [-0.1, -0.05) is 51.0 Å². The molecule has 1 heterocycles. The second-order valence-electron chi connectivity index (χ2n) is 6.53. The zero-order valence-electron chi connectivity index (χ0n) is 16.6. The van der Waals surface area contributed by atoms with E-state index >= 15 is 0 Å². The zero-order valence-corrected chi connectivity index (χ0v) is 16.6. The standard InChI is InChI=1S/C23H27N3O2/c1-3-5-15-27-20-13-9-7-11-18(20)22-24-17-25-23(26-22)19-12-8-10-14-21(19)28-16-6-4-2/h7-14,17H,3-6,15-16H2,1-2H3. The van der Waals surface area contributed by atoms with Gasteiger partial charge >= 0.3 is 0 Å². The molecular formula is C23H27N3O2. The summed E-state index contributed by atoms with van der Waals surface area (Å²) in [5, 5.41) is 0. The van der Waals surface area contributed by atoms with Crippen LogP contribution >= 0.6 is 0 Å². The number of para-hydroxylation sites is 2. The average Bonchev–Trinajstić information content (AvgIpc) is 2.75.